The summed E-state index contributed by atoms with van der Waals surface area (Å²) in [6.45, 7) is 0.937. The van der Waals surface area contributed by atoms with Crippen molar-refractivity contribution in [2.45, 2.75) is 6.04 Å². The first-order chi connectivity index (χ1) is 4.97. The molecule has 10 heavy (non-hydrogen) atoms. The van der Waals surface area contributed by atoms with Crippen molar-refractivity contribution in [2.75, 3.05) is 6.54 Å². The molecule has 0 bridgehead atoms. The smallest absolute Gasteiger partial charge is 0.0921 e. The van der Waals surface area contributed by atoms with Crippen LogP contribution in [0.3, 0.4) is 0 Å². The highest BCUT2D eigenvalue weighted by Crippen LogP contribution is 2.11. The summed E-state index contributed by atoms with van der Waals surface area (Å²) in [6.07, 6.45) is 9.98. The Bertz CT molecular complexity index is 213. The molecular weight excluding hydrogens is 124 g/mol. The summed E-state index contributed by atoms with van der Waals surface area (Å²) in [6, 6.07) is 0.356. The van der Waals surface area contributed by atoms with Gasteiger partial charge in [0.25, 0.3) is 0 Å². The van der Waals surface area contributed by atoms with E-state index in [2.05, 4.69) is 22.8 Å². The third-order valence-electron chi connectivity index (χ3n) is 1.73. The van der Waals surface area contributed by atoms with E-state index in [-0.39, 0.29) is 0 Å². The van der Waals surface area contributed by atoms with Crippen molar-refractivity contribution in [2.24, 2.45) is 0 Å². The summed E-state index contributed by atoms with van der Waals surface area (Å²) in [5.41, 5.74) is 1.31. The summed E-state index contributed by atoms with van der Waals surface area (Å²) < 4.78 is 0. The molecule has 51 valence electrons. The first kappa shape index (κ1) is 5.59. The van der Waals surface area contributed by atoms with E-state index < -0.39 is 0 Å². The third kappa shape index (κ3) is 0.817. The van der Waals surface area contributed by atoms with Gasteiger partial charge in [-0.3, -0.25) is 5.32 Å². The predicted octanol–water partition coefficient (Wildman–Crippen LogP) is 0.530. The van der Waals surface area contributed by atoms with Crippen LogP contribution < -0.4 is 10.6 Å². The normalized spacial score (nSPS) is 28.0. The number of hydrogen-bond acceptors (Lipinski definition) is 1. The number of hydrogen-bond donors (Lipinski definition) is 1. The van der Waals surface area contributed by atoms with Gasteiger partial charge in [0.2, 0.25) is 0 Å². The Balaban J connectivity index is 2.27. The van der Waals surface area contributed by atoms with Gasteiger partial charge in [-0.15, -0.1) is 0 Å². The number of fused-ring (bicyclic) bond motifs is 1. The van der Waals surface area contributed by atoms with E-state index in [1.807, 2.05) is 18.5 Å². The topological polar surface area (TPSA) is 26.1 Å². The molecule has 0 aromatic rings. The van der Waals surface area contributed by atoms with Crippen LogP contribution in [0, 0.1) is 0 Å². The summed E-state index contributed by atoms with van der Waals surface area (Å²) in [5.74, 6) is 0. The van der Waals surface area contributed by atoms with Gasteiger partial charge < -0.3 is 5.32 Å². The second kappa shape index (κ2) is 2.21. The minimum atomic E-state index is 0.356. The van der Waals surface area contributed by atoms with Crippen molar-refractivity contribution in [3.8, 4) is 0 Å². The molecule has 2 heteroatoms. The lowest BCUT2D eigenvalue weighted by molar-refractivity contribution is 0.608. The molecule has 0 aromatic heterocycles. The molecule has 0 aliphatic carbocycles. The molecule has 1 N–H and O–H groups in total. The molecule has 1 radical (unpaired) electrons. The van der Waals surface area contributed by atoms with Gasteiger partial charge in [0.1, 0.15) is 0 Å². The highest BCUT2D eigenvalue weighted by molar-refractivity contribution is 5.34. The van der Waals surface area contributed by atoms with Crippen LogP contribution in [0.25, 0.3) is 0 Å². The van der Waals surface area contributed by atoms with E-state index in [1.165, 1.54) is 5.57 Å². The Morgan fingerprint density at radius 1 is 1.60 bits per heavy atom. The summed E-state index contributed by atoms with van der Waals surface area (Å²) in [7, 11) is 0. The molecule has 2 heterocycles. The SMILES string of the molecule is C1=C[N]C2CNC=CC2=C1. The minimum absolute atomic E-state index is 0.356. The monoisotopic (exact) mass is 133 g/mol. The average Bonchev–Trinajstić information content (AvgIpc) is 2.05. The molecule has 0 spiro atoms. The lowest BCUT2D eigenvalue weighted by Crippen LogP contribution is -2.35. The van der Waals surface area contributed by atoms with E-state index in [9.17, 15) is 0 Å². The molecule has 0 saturated carbocycles. The first-order valence-corrected chi connectivity index (χ1v) is 3.43. The van der Waals surface area contributed by atoms with Gasteiger partial charge in [0, 0.05) is 12.7 Å². The fourth-order valence-electron chi connectivity index (χ4n) is 1.18. The van der Waals surface area contributed by atoms with Crippen molar-refractivity contribution in [3.63, 3.8) is 0 Å². The maximum Gasteiger partial charge on any atom is 0.0921 e. The number of rotatable bonds is 0. The second-order valence-electron chi connectivity index (χ2n) is 2.41. The van der Waals surface area contributed by atoms with Gasteiger partial charge in [0.05, 0.1) is 6.04 Å². The van der Waals surface area contributed by atoms with Crippen molar-refractivity contribution < 1.29 is 0 Å². The van der Waals surface area contributed by atoms with Crippen molar-refractivity contribution in [1.82, 2.24) is 10.6 Å². The molecule has 2 nitrogen and oxygen atoms in total. The quantitative estimate of drug-likeness (QED) is 0.512. The van der Waals surface area contributed by atoms with Crippen LogP contribution in [0.2, 0.25) is 0 Å². The van der Waals surface area contributed by atoms with Crippen LogP contribution in [0.15, 0.2) is 36.2 Å². The van der Waals surface area contributed by atoms with Gasteiger partial charge in [-0.1, -0.05) is 6.08 Å². The van der Waals surface area contributed by atoms with E-state index in [0.717, 1.165) is 6.54 Å². The Morgan fingerprint density at radius 2 is 2.60 bits per heavy atom. The van der Waals surface area contributed by atoms with E-state index >= 15 is 0 Å². The Kier molecular flexibility index (Phi) is 1.24. The fourth-order valence-corrected chi connectivity index (χ4v) is 1.18. The van der Waals surface area contributed by atoms with E-state index in [0.29, 0.717) is 6.04 Å². The van der Waals surface area contributed by atoms with Crippen molar-refractivity contribution in [3.05, 3.63) is 36.2 Å². The number of nitrogens with one attached hydrogen (secondary N) is 1. The largest absolute Gasteiger partial charge is 0.388 e. The first-order valence-electron chi connectivity index (χ1n) is 3.43. The summed E-state index contributed by atoms with van der Waals surface area (Å²) in [4.78, 5) is 0. The zero-order chi connectivity index (χ0) is 6.81. The molecule has 1 atom stereocenters. The van der Waals surface area contributed by atoms with Gasteiger partial charge in [0.15, 0.2) is 0 Å². The number of nitrogens with zero attached hydrogens (tertiary/aromatic N) is 1. The van der Waals surface area contributed by atoms with E-state index in [4.69, 9.17) is 0 Å². The Morgan fingerprint density at radius 3 is 3.50 bits per heavy atom. The van der Waals surface area contributed by atoms with Crippen molar-refractivity contribution in [1.29, 1.82) is 0 Å². The average molecular weight is 133 g/mol. The van der Waals surface area contributed by atoms with Crippen LogP contribution in [-0.2, 0) is 0 Å². The molecule has 2 aliphatic rings. The van der Waals surface area contributed by atoms with Crippen molar-refractivity contribution >= 4 is 0 Å². The van der Waals surface area contributed by atoms with Crippen LogP contribution >= 0.6 is 0 Å². The fraction of sp³-hybridized carbons (Fsp3) is 0.250. The van der Waals surface area contributed by atoms with Gasteiger partial charge >= 0.3 is 0 Å². The summed E-state index contributed by atoms with van der Waals surface area (Å²) in [5, 5.41) is 7.42. The molecule has 1 unspecified atom stereocenters. The predicted molar refractivity (Wildman–Crippen MR) is 40.3 cm³/mol. The molecule has 0 amide bonds. The molecular formula is C8H9N2. The van der Waals surface area contributed by atoms with Gasteiger partial charge in [-0.2, -0.15) is 0 Å². The Hall–Kier alpha value is -1.18. The maximum absolute atomic E-state index is 4.29. The molecule has 0 aromatic carbocycles. The lowest BCUT2D eigenvalue weighted by atomic mass is 10.0. The minimum Gasteiger partial charge on any atom is -0.388 e. The lowest BCUT2D eigenvalue weighted by Gasteiger charge is -2.22. The standard InChI is InChI=1S/C8H9N2/c1-2-7-3-5-9-6-8(7)10-4-1/h1-5,8-9H,6H2. The van der Waals surface area contributed by atoms with Gasteiger partial charge in [-0.25, -0.2) is 0 Å². The van der Waals surface area contributed by atoms with Crippen LogP contribution in [0.1, 0.15) is 0 Å². The second-order valence-corrected chi connectivity index (χ2v) is 2.41. The third-order valence-corrected chi connectivity index (χ3v) is 1.73. The molecule has 2 rings (SSSR count). The summed E-state index contributed by atoms with van der Waals surface area (Å²) >= 11 is 0. The highest BCUT2D eigenvalue weighted by atomic mass is 15.0. The molecule has 0 fully saturated rings. The Labute approximate surface area is 60.3 Å². The zero-order valence-electron chi connectivity index (χ0n) is 5.62. The van der Waals surface area contributed by atoms with E-state index in [1.54, 1.807) is 0 Å². The van der Waals surface area contributed by atoms with Crippen LogP contribution in [0.5, 0.6) is 0 Å². The maximum atomic E-state index is 4.29. The van der Waals surface area contributed by atoms with Gasteiger partial charge in [-0.05, 0) is 23.9 Å². The number of allylic oxidation sites excluding steroid dienone is 2. The van der Waals surface area contributed by atoms with Crippen LogP contribution in [-0.4, -0.2) is 12.6 Å². The highest BCUT2D eigenvalue weighted by Gasteiger charge is 2.15. The zero-order valence-corrected chi connectivity index (χ0v) is 5.62. The molecule has 0 saturated heterocycles. The molecule has 2 aliphatic heterocycles. The van der Waals surface area contributed by atoms with Crippen LogP contribution in [0.4, 0.5) is 0 Å².